The molecule has 1 aromatic carbocycles. The van der Waals surface area contributed by atoms with Crippen LogP contribution in [0, 0.1) is 5.82 Å². The topological polar surface area (TPSA) is 64.1 Å². The SMILES string of the molecule is CCc1cnc(CNc2ccc(C(N)=S)cc2F)o1. The van der Waals surface area contributed by atoms with Crippen molar-refractivity contribution in [3.63, 3.8) is 0 Å². The quantitative estimate of drug-likeness (QED) is 0.824. The number of benzene rings is 1. The number of aromatic nitrogens is 1. The number of hydrogen-bond acceptors (Lipinski definition) is 4. The van der Waals surface area contributed by atoms with Crippen LogP contribution in [0.1, 0.15) is 24.1 Å². The second-order valence-electron chi connectivity index (χ2n) is 3.99. The molecule has 2 aromatic rings. The van der Waals surface area contributed by atoms with Gasteiger partial charge in [0, 0.05) is 12.0 Å². The third kappa shape index (κ3) is 3.29. The molecule has 4 nitrogen and oxygen atoms in total. The van der Waals surface area contributed by atoms with Gasteiger partial charge in [-0.05, 0) is 18.2 Å². The number of rotatable bonds is 5. The Bertz CT molecular complexity index is 597. The number of anilines is 1. The zero-order valence-corrected chi connectivity index (χ0v) is 11.3. The van der Waals surface area contributed by atoms with Crippen LogP contribution < -0.4 is 11.1 Å². The molecule has 100 valence electrons. The van der Waals surface area contributed by atoms with E-state index >= 15 is 0 Å². The second kappa shape index (κ2) is 5.79. The van der Waals surface area contributed by atoms with E-state index in [4.69, 9.17) is 22.4 Å². The lowest BCUT2D eigenvalue weighted by atomic mass is 10.2. The Morgan fingerprint density at radius 2 is 2.32 bits per heavy atom. The molecule has 0 atom stereocenters. The third-order valence-electron chi connectivity index (χ3n) is 2.63. The van der Waals surface area contributed by atoms with Gasteiger partial charge in [0.25, 0.3) is 0 Å². The Morgan fingerprint density at radius 1 is 1.53 bits per heavy atom. The van der Waals surface area contributed by atoms with E-state index in [1.165, 1.54) is 6.07 Å². The van der Waals surface area contributed by atoms with Gasteiger partial charge in [0.15, 0.2) is 0 Å². The monoisotopic (exact) mass is 279 g/mol. The molecule has 0 saturated carbocycles. The minimum Gasteiger partial charge on any atom is -0.444 e. The zero-order chi connectivity index (χ0) is 13.8. The van der Waals surface area contributed by atoms with Crippen LogP contribution >= 0.6 is 12.2 Å². The molecule has 0 unspecified atom stereocenters. The third-order valence-corrected chi connectivity index (χ3v) is 2.87. The van der Waals surface area contributed by atoms with E-state index in [9.17, 15) is 4.39 Å². The van der Waals surface area contributed by atoms with Gasteiger partial charge in [0.2, 0.25) is 5.89 Å². The molecule has 0 aliphatic heterocycles. The van der Waals surface area contributed by atoms with E-state index in [1.54, 1.807) is 18.3 Å². The fourth-order valence-electron chi connectivity index (χ4n) is 1.58. The first-order chi connectivity index (χ1) is 9.10. The Morgan fingerprint density at radius 3 is 2.89 bits per heavy atom. The number of nitrogens with two attached hydrogens (primary N) is 1. The molecular weight excluding hydrogens is 265 g/mol. The van der Waals surface area contributed by atoms with Crippen molar-refractivity contribution < 1.29 is 8.81 Å². The summed E-state index contributed by atoms with van der Waals surface area (Å²) in [7, 11) is 0. The minimum atomic E-state index is -0.410. The summed E-state index contributed by atoms with van der Waals surface area (Å²) in [5, 5.41) is 2.92. The fourth-order valence-corrected chi connectivity index (χ4v) is 1.70. The first-order valence-corrected chi connectivity index (χ1v) is 6.27. The van der Waals surface area contributed by atoms with Crippen LogP contribution in [0.2, 0.25) is 0 Å². The lowest BCUT2D eigenvalue weighted by Crippen LogP contribution is -2.10. The molecule has 0 bridgehead atoms. The van der Waals surface area contributed by atoms with Gasteiger partial charge in [-0.15, -0.1) is 0 Å². The number of nitrogens with one attached hydrogen (secondary N) is 1. The smallest absolute Gasteiger partial charge is 0.213 e. The molecule has 0 radical (unpaired) electrons. The largest absolute Gasteiger partial charge is 0.444 e. The summed E-state index contributed by atoms with van der Waals surface area (Å²) in [6.45, 7) is 2.30. The Balaban J connectivity index is 2.05. The lowest BCUT2D eigenvalue weighted by Gasteiger charge is -2.07. The second-order valence-corrected chi connectivity index (χ2v) is 4.43. The standard InChI is InChI=1S/C13H14FN3OS/c1-2-9-6-17-12(18-9)7-16-11-4-3-8(13(15)19)5-10(11)14/h3-6,16H,2,7H2,1H3,(H2,15,19). The Kier molecular flexibility index (Phi) is 4.11. The van der Waals surface area contributed by atoms with Crippen molar-refractivity contribution in [1.82, 2.24) is 4.98 Å². The number of aryl methyl sites for hydroxylation is 1. The maximum atomic E-state index is 13.8. The highest BCUT2D eigenvalue weighted by Gasteiger charge is 2.07. The molecule has 0 fully saturated rings. The number of nitrogens with zero attached hydrogens (tertiary/aromatic N) is 1. The first kappa shape index (κ1) is 13.5. The average Bonchev–Trinajstić information content (AvgIpc) is 2.85. The van der Waals surface area contributed by atoms with Crippen molar-refractivity contribution in [2.45, 2.75) is 19.9 Å². The van der Waals surface area contributed by atoms with Crippen LogP contribution in [0.4, 0.5) is 10.1 Å². The molecule has 0 saturated heterocycles. The van der Waals surface area contributed by atoms with Crippen LogP contribution in [0.15, 0.2) is 28.8 Å². The number of halogens is 1. The van der Waals surface area contributed by atoms with Gasteiger partial charge in [-0.2, -0.15) is 0 Å². The van der Waals surface area contributed by atoms with Gasteiger partial charge in [-0.3, -0.25) is 0 Å². The van der Waals surface area contributed by atoms with Crippen molar-refractivity contribution in [2.24, 2.45) is 5.73 Å². The molecule has 3 N–H and O–H groups in total. The highest BCUT2D eigenvalue weighted by atomic mass is 32.1. The van der Waals surface area contributed by atoms with Crippen LogP contribution in [0.5, 0.6) is 0 Å². The van der Waals surface area contributed by atoms with E-state index < -0.39 is 5.82 Å². The van der Waals surface area contributed by atoms with Gasteiger partial charge in [0.05, 0.1) is 18.4 Å². The summed E-state index contributed by atoms with van der Waals surface area (Å²) in [5.74, 6) is 0.920. The Hall–Kier alpha value is -1.95. The summed E-state index contributed by atoms with van der Waals surface area (Å²) < 4.78 is 19.2. The van der Waals surface area contributed by atoms with Crippen LogP contribution in [0.3, 0.4) is 0 Å². The van der Waals surface area contributed by atoms with Crippen LogP contribution in [-0.4, -0.2) is 9.97 Å². The molecule has 1 aromatic heterocycles. The number of thiocarbonyl (C=S) groups is 1. The van der Waals surface area contributed by atoms with Gasteiger partial charge >= 0.3 is 0 Å². The predicted octanol–water partition coefficient (Wildman–Crippen LogP) is 2.62. The van der Waals surface area contributed by atoms with Crippen molar-refractivity contribution in [2.75, 3.05) is 5.32 Å². The molecule has 0 spiro atoms. The maximum Gasteiger partial charge on any atom is 0.213 e. The molecule has 0 aliphatic carbocycles. The lowest BCUT2D eigenvalue weighted by molar-refractivity contribution is 0.465. The average molecular weight is 279 g/mol. The summed E-state index contributed by atoms with van der Waals surface area (Å²) in [4.78, 5) is 4.26. The number of hydrogen-bond donors (Lipinski definition) is 2. The molecule has 2 rings (SSSR count). The van der Waals surface area contributed by atoms with Crippen molar-refractivity contribution in [1.29, 1.82) is 0 Å². The van der Waals surface area contributed by atoms with Crippen molar-refractivity contribution >= 4 is 22.9 Å². The maximum absolute atomic E-state index is 13.8. The van der Waals surface area contributed by atoms with Gasteiger partial charge in [-0.1, -0.05) is 19.1 Å². The zero-order valence-electron chi connectivity index (χ0n) is 10.4. The van der Waals surface area contributed by atoms with Crippen molar-refractivity contribution in [3.05, 3.63) is 47.4 Å². The summed E-state index contributed by atoms with van der Waals surface area (Å²) >= 11 is 4.79. The summed E-state index contributed by atoms with van der Waals surface area (Å²) in [6, 6.07) is 4.56. The first-order valence-electron chi connectivity index (χ1n) is 5.87. The van der Waals surface area contributed by atoms with Crippen LogP contribution in [-0.2, 0) is 13.0 Å². The molecular formula is C13H14FN3OS. The normalized spacial score (nSPS) is 10.4. The van der Waals surface area contributed by atoms with E-state index in [0.717, 1.165) is 12.2 Å². The fraction of sp³-hybridized carbons (Fsp3) is 0.231. The van der Waals surface area contributed by atoms with E-state index in [0.29, 0.717) is 23.7 Å². The molecule has 19 heavy (non-hydrogen) atoms. The minimum absolute atomic E-state index is 0.172. The molecule has 1 heterocycles. The molecule has 6 heteroatoms. The predicted molar refractivity (Wildman–Crippen MR) is 75.5 cm³/mol. The summed E-state index contributed by atoms with van der Waals surface area (Å²) in [6.07, 6.45) is 2.45. The highest BCUT2D eigenvalue weighted by molar-refractivity contribution is 7.80. The molecule has 0 amide bonds. The molecule has 0 aliphatic rings. The van der Waals surface area contributed by atoms with Gasteiger partial charge in [-0.25, -0.2) is 9.37 Å². The van der Waals surface area contributed by atoms with Crippen molar-refractivity contribution in [3.8, 4) is 0 Å². The van der Waals surface area contributed by atoms with E-state index in [1.807, 2.05) is 6.92 Å². The van der Waals surface area contributed by atoms with Gasteiger partial charge < -0.3 is 15.5 Å². The Labute approximate surface area is 115 Å². The van der Waals surface area contributed by atoms with Crippen LogP contribution in [0.25, 0.3) is 0 Å². The number of oxazole rings is 1. The van der Waals surface area contributed by atoms with E-state index in [-0.39, 0.29) is 4.99 Å². The van der Waals surface area contributed by atoms with Gasteiger partial charge in [0.1, 0.15) is 16.6 Å². The highest BCUT2D eigenvalue weighted by Crippen LogP contribution is 2.17. The summed E-state index contributed by atoms with van der Waals surface area (Å²) in [5.41, 5.74) is 6.30. The van der Waals surface area contributed by atoms with E-state index in [2.05, 4.69) is 10.3 Å².